The number of pyridine rings is 1. The molecule has 1 fully saturated rings. The minimum absolute atomic E-state index is 0.494. The van der Waals surface area contributed by atoms with Gasteiger partial charge in [-0.25, -0.2) is 5.06 Å². The van der Waals surface area contributed by atoms with E-state index in [9.17, 15) is 0 Å². The van der Waals surface area contributed by atoms with Crippen molar-refractivity contribution in [2.24, 2.45) is 5.92 Å². The number of anilines is 2. The number of hydrogen-bond acceptors (Lipinski definition) is 5. The Morgan fingerprint density at radius 2 is 2.25 bits per heavy atom. The van der Waals surface area contributed by atoms with Gasteiger partial charge in [-0.3, -0.25) is 4.84 Å². The van der Waals surface area contributed by atoms with Crippen molar-refractivity contribution in [2.75, 3.05) is 31.6 Å². The normalized spacial score (nSPS) is 14.9. The first-order chi connectivity index (χ1) is 7.70. The van der Waals surface area contributed by atoms with Crippen LogP contribution in [0, 0.1) is 5.92 Å². The van der Waals surface area contributed by atoms with Gasteiger partial charge in [-0.2, -0.15) is 4.98 Å². The van der Waals surface area contributed by atoms with E-state index in [0.717, 1.165) is 0 Å². The molecule has 0 spiro atoms. The monoisotopic (exact) mass is 223 g/mol. The molecule has 0 aliphatic heterocycles. The van der Waals surface area contributed by atoms with Crippen molar-refractivity contribution >= 4 is 11.5 Å². The van der Waals surface area contributed by atoms with Crippen LogP contribution in [-0.2, 0) is 4.84 Å². The molecule has 2 rings (SSSR count). The van der Waals surface area contributed by atoms with Crippen LogP contribution < -0.4 is 15.5 Å². The van der Waals surface area contributed by atoms with E-state index in [1.807, 2.05) is 0 Å². The quantitative estimate of drug-likeness (QED) is 0.765. The maximum atomic E-state index is 5.79. The zero-order valence-electron chi connectivity index (χ0n) is 9.64. The number of hydrogen-bond donors (Lipinski definition) is 1. The molecule has 0 radical (unpaired) electrons. The van der Waals surface area contributed by atoms with Crippen LogP contribution in [0.1, 0.15) is 12.8 Å². The van der Waals surface area contributed by atoms with Gasteiger partial charge in [-0.1, -0.05) is 0 Å². The molecule has 1 aliphatic carbocycles. The predicted molar refractivity (Wildman–Crippen MR) is 62.3 cm³/mol. The Labute approximate surface area is 95.1 Å². The molecule has 1 aliphatic rings. The van der Waals surface area contributed by atoms with Crippen molar-refractivity contribution in [3.8, 4) is 5.88 Å². The number of nitrogens with two attached hydrogens (primary N) is 1. The second-order valence-electron chi connectivity index (χ2n) is 4.00. The minimum Gasteiger partial charge on any atom is -0.476 e. The van der Waals surface area contributed by atoms with Crippen LogP contribution in [0.5, 0.6) is 5.88 Å². The highest BCUT2D eigenvalue weighted by Crippen LogP contribution is 2.30. The van der Waals surface area contributed by atoms with E-state index < -0.39 is 0 Å². The van der Waals surface area contributed by atoms with Gasteiger partial charge in [-0.15, -0.1) is 0 Å². The second kappa shape index (κ2) is 4.57. The summed E-state index contributed by atoms with van der Waals surface area (Å²) in [6.45, 7) is 0.706. The van der Waals surface area contributed by atoms with Crippen molar-refractivity contribution in [3.05, 3.63) is 12.1 Å². The highest BCUT2D eigenvalue weighted by molar-refractivity contribution is 5.53. The van der Waals surface area contributed by atoms with Crippen LogP contribution >= 0.6 is 0 Å². The van der Waals surface area contributed by atoms with Crippen molar-refractivity contribution in [2.45, 2.75) is 12.8 Å². The van der Waals surface area contributed by atoms with Crippen molar-refractivity contribution in [1.82, 2.24) is 4.98 Å². The lowest BCUT2D eigenvalue weighted by molar-refractivity contribution is 0.181. The molecule has 0 saturated heterocycles. The summed E-state index contributed by atoms with van der Waals surface area (Å²) in [4.78, 5) is 9.34. The van der Waals surface area contributed by atoms with Gasteiger partial charge in [0.05, 0.1) is 19.4 Å². The van der Waals surface area contributed by atoms with Gasteiger partial charge in [0, 0.05) is 7.05 Å². The van der Waals surface area contributed by atoms with Crippen LogP contribution in [0.2, 0.25) is 0 Å². The molecular weight excluding hydrogens is 206 g/mol. The van der Waals surface area contributed by atoms with Gasteiger partial charge >= 0.3 is 0 Å². The van der Waals surface area contributed by atoms with Crippen molar-refractivity contribution in [1.29, 1.82) is 0 Å². The topological polar surface area (TPSA) is 60.6 Å². The van der Waals surface area contributed by atoms with E-state index in [0.29, 0.717) is 29.9 Å². The Morgan fingerprint density at radius 1 is 1.50 bits per heavy atom. The van der Waals surface area contributed by atoms with Crippen LogP contribution in [0.25, 0.3) is 0 Å². The maximum absolute atomic E-state index is 5.79. The van der Waals surface area contributed by atoms with Crippen LogP contribution in [0.4, 0.5) is 11.5 Å². The molecule has 0 unspecified atom stereocenters. The van der Waals surface area contributed by atoms with Crippen molar-refractivity contribution in [3.63, 3.8) is 0 Å². The Balaban J connectivity index is 2.07. The Kier molecular flexibility index (Phi) is 3.14. The third kappa shape index (κ3) is 2.55. The van der Waals surface area contributed by atoms with Crippen LogP contribution in [0.3, 0.4) is 0 Å². The predicted octanol–water partition coefficient (Wildman–Crippen LogP) is 1.45. The fourth-order valence-electron chi connectivity index (χ4n) is 1.31. The molecule has 88 valence electrons. The molecule has 1 heterocycles. The standard InChI is InChI=1S/C11H17N3O2/c1-14(15-2)10-6-5-9(12)11(13-10)16-7-8-3-4-8/h5-6,8H,3-4,7,12H2,1-2H3. The van der Waals surface area contributed by atoms with E-state index in [2.05, 4.69) is 4.98 Å². The van der Waals surface area contributed by atoms with Gasteiger partial charge in [0.2, 0.25) is 5.88 Å². The number of aromatic nitrogens is 1. The number of nitrogen functional groups attached to an aromatic ring is 1. The highest BCUT2D eigenvalue weighted by Gasteiger charge is 2.22. The molecule has 0 amide bonds. The van der Waals surface area contributed by atoms with E-state index in [-0.39, 0.29) is 0 Å². The SMILES string of the molecule is CON(C)c1ccc(N)c(OCC2CC2)n1. The maximum Gasteiger partial charge on any atom is 0.239 e. The Hall–Kier alpha value is -1.49. The molecule has 5 nitrogen and oxygen atoms in total. The zero-order valence-corrected chi connectivity index (χ0v) is 9.64. The number of ether oxygens (including phenoxy) is 1. The molecule has 2 N–H and O–H groups in total. The zero-order chi connectivity index (χ0) is 11.5. The first-order valence-corrected chi connectivity index (χ1v) is 5.38. The lowest BCUT2D eigenvalue weighted by Gasteiger charge is -2.16. The van der Waals surface area contributed by atoms with E-state index in [4.69, 9.17) is 15.3 Å². The molecule has 0 atom stereocenters. The summed E-state index contributed by atoms with van der Waals surface area (Å²) in [5.41, 5.74) is 6.35. The molecule has 1 saturated carbocycles. The molecular formula is C11H17N3O2. The molecule has 0 aromatic carbocycles. The lowest BCUT2D eigenvalue weighted by atomic mass is 10.4. The molecule has 1 aromatic heterocycles. The first-order valence-electron chi connectivity index (χ1n) is 5.38. The molecule has 16 heavy (non-hydrogen) atoms. The molecule has 5 heteroatoms. The third-order valence-electron chi connectivity index (χ3n) is 2.62. The summed E-state index contributed by atoms with van der Waals surface area (Å²) in [6, 6.07) is 3.57. The van der Waals surface area contributed by atoms with Gasteiger partial charge < -0.3 is 10.5 Å². The van der Waals surface area contributed by atoms with E-state index >= 15 is 0 Å². The fraction of sp³-hybridized carbons (Fsp3) is 0.545. The second-order valence-corrected chi connectivity index (χ2v) is 4.00. The van der Waals surface area contributed by atoms with Gasteiger partial charge in [0.1, 0.15) is 0 Å². The largest absolute Gasteiger partial charge is 0.476 e. The van der Waals surface area contributed by atoms with Gasteiger partial charge in [0.25, 0.3) is 0 Å². The summed E-state index contributed by atoms with van der Waals surface area (Å²) in [5, 5.41) is 1.56. The van der Waals surface area contributed by atoms with E-state index in [1.54, 1.807) is 31.4 Å². The van der Waals surface area contributed by atoms with Gasteiger partial charge in [-0.05, 0) is 30.9 Å². The van der Waals surface area contributed by atoms with E-state index in [1.165, 1.54) is 12.8 Å². The average molecular weight is 223 g/mol. The summed E-state index contributed by atoms with van der Waals surface area (Å²) in [6.07, 6.45) is 2.50. The highest BCUT2D eigenvalue weighted by atomic mass is 16.7. The summed E-state index contributed by atoms with van der Waals surface area (Å²) < 4.78 is 5.58. The fourth-order valence-corrected chi connectivity index (χ4v) is 1.31. The Morgan fingerprint density at radius 3 is 2.88 bits per heavy atom. The molecule has 1 aromatic rings. The van der Waals surface area contributed by atoms with Crippen molar-refractivity contribution < 1.29 is 9.57 Å². The Bertz CT molecular complexity index is 366. The lowest BCUT2D eigenvalue weighted by Crippen LogP contribution is -2.17. The van der Waals surface area contributed by atoms with Gasteiger partial charge in [0.15, 0.2) is 5.82 Å². The minimum atomic E-state index is 0.494. The first kappa shape index (κ1) is 11.0. The summed E-state index contributed by atoms with van der Waals surface area (Å²) in [7, 11) is 3.37. The number of nitrogens with zero attached hydrogens (tertiary/aromatic N) is 2. The smallest absolute Gasteiger partial charge is 0.239 e. The van der Waals surface area contributed by atoms with Crippen LogP contribution in [0.15, 0.2) is 12.1 Å². The number of rotatable bonds is 5. The molecule has 0 bridgehead atoms. The van der Waals surface area contributed by atoms with Crippen LogP contribution in [-0.4, -0.2) is 25.7 Å². The summed E-state index contributed by atoms with van der Waals surface area (Å²) >= 11 is 0. The number of hydroxylamine groups is 1. The third-order valence-corrected chi connectivity index (χ3v) is 2.62. The average Bonchev–Trinajstić information content (AvgIpc) is 3.11. The summed E-state index contributed by atoms with van der Waals surface area (Å²) in [5.74, 6) is 1.86.